The molecule has 0 aliphatic rings. The molecule has 1 rings (SSSR count). The van der Waals surface area contributed by atoms with Crippen molar-refractivity contribution in [1.82, 2.24) is 0 Å². The lowest BCUT2D eigenvalue weighted by Gasteiger charge is -2.02. The fourth-order valence-corrected chi connectivity index (χ4v) is 2.53. The van der Waals surface area contributed by atoms with Gasteiger partial charge in [-0.25, -0.2) is 8.42 Å². The lowest BCUT2D eigenvalue weighted by Crippen LogP contribution is -2.08. The zero-order valence-electron chi connectivity index (χ0n) is 8.02. The lowest BCUT2D eigenvalue weighted by molar-refractivity contribution is 0.595. The molecule has 1 aromatic rings. The van der Waals surface area contributed by atoms with Gasteiger partial charge in [-0.2, -0.15) is 0 Å². The number of allylic oxidation sites excluding steroid dienone is 1. The Morgan fingerprint density at radius 2 is 1.86 bits per heavy atom. The van der Waals surface area contributed by atoms with Gasteiger partial charge >= 0.3 is 0 Å². The van der Waals surface area contributed by atoms with Crippen molar-refractivity contribution < 1.29 is 8.42 Å². The van der Waals surface area contributed by atoms with Gasteiger partial charge < -0.3 is 0 Å². The highest BCUT2D eigenvalue weighted by Crippen LogP contribution is 2.06. The van der Waals surface area contributed by atoms with Gasteiger partial charge in [0.2, 0.25) is 0 Å². The van der Waals surface area contributed by atoms with Crippen LogP contribution >= 0.6 is 0 Å². The zero-order chi connectivity index (χ0) is 10.4. The lowest BCUT2D eigenvalue weighted by atomic mass is 10.2. The fourth-order valence-electron chi connectivity index (χ4n) is 1.16. The van der Waals surface area contributed by atoms with E-state index in [1.165, 1.54) is 0 Å². The van der Waals surface area contributed by atoms with Crippen LogP contribution in [0.5, 0.6) is 0 Å². The van der Waals surface area contributed by atoms with Crippen molar-refractivity contribution in [1.29, 1.82) is 0 Å². The van der Waals surface area contributed by atoms with E-state index in [-0.39, 0.29) is 11.5 Å². The molecule has 14 heavy (non-hydrogen) atoms. The van der Waals surface area contributed by atoms with Crippen LogP contribution in [0.3, 0.4) is 0 Å². The molecule has 0 saturated heterocycles. The van der Waals surface area contributed by atoms with Crippen molar-refractivity contribution in [2.75, 3.05) is 5.75 Å². The maximum atomic E-state index is 11.5. The molecule has 0 atom stereocenters. The minimum atomic E-state index is -2.97. The normalized spacial score (nSPS) is 11.1. The summed E-state index contributed by atoms with van der Waals surface area (Å²) >= 11 is 0. The van der Waals surface area contributed by atoms with E-state index in [0.717, 1.165) is 5.56 Å². The van der Waals surface area contributed by atoms with E-state index in [4.69, 9.17) is 0 Å². The Labute approximate surface area is 85.2 Å². The molecular weight excluding hydrogens is 196 g/mol. The molecule has 2 nitrogen and oxygen atoms in total. The first-order chi connectivity index (χ1) is 6.64. The van der Waals surface area contributed by atoms with Crippen molar-refractivity contribution >= 4 is 9.84 Å². The summed E-state index contributed by atoms with van der Waals surface area (Å²) in [5.41, 5.74) is 0.844. The first kappa shape index (κ1) is 11.0. The smallest absolute Gasteiger partial charge is 0.154 e. The van der Waals surface area contributed by atoms with Gasteiger partial charge in [0, 0.05) is 0 Å². The average molecular weight is 210 g/mol. The minimum absolute atomic E-state index is 0.127. The summed E-state index contributed by atoms with van der Waals surface area (Å²) in [6.07, 6.45) is 2.15. The molecule has 76 valence electrons. The van der Waals surface area contributed by atoms with Crippen LogP contribution in [-0.2, 0) is 15.6 Å². The summed E-state index contributed by atoms with van der Waals surface area (Å²) in [5, 5.41) is 0. The van der Waals surface area contributed by atoms with Gasteiger partial charge in [0.05, 0.1) is 11.5 Å². The van der Waals surface area contributed by atoms with Gasteiger partial charge in [0.15, 0.2) is 9.84 Å². The summed E-state index contributed by atoms with van der Waals surface area (Å²) < 4.78 is 23.0. The Hall–Kier alpha value is -1.09. The Bertz CT molecular complexity index is 379. The first-order valence-corrected chi connectivity index (χ1v) is 6.31. The highest BCUT2D eigenvalue weighted by atomic mass is 32.2. The molecule has 1 aromatic carbocycles. The third-order valence-corrected chi connectivity index (χ3v) is 3.49. The van der Waals surface area contributed by atoms with Crippen molar-refractivity contribution in [2.24, 2.45) is 0 Å². The van der Waals surface area contributed by atoms with Crippen LogP contribution in [0.15, 0.2) is 43.0 Å². The minimum Gasteiger partial charge on any atom is -0.228 e. The zero-order valence-corrected chi connectivity index (χ0v) is 8.83. The molecule has 0 N–H and O–H groups in total. The third kappa shape index (κ3) is 3.75. The van der Waals surface area contributed by atoms with E-state index in [2.05, 4.69) is 6.58 Å². The summed E-state index contributed by atoms with van der Waals surface area (Å²) in [6, 6.07) is 9.22. The predicted molar refractivity (Wildman–Crippen MR) is 58.7 cm³/mol. The van der Waals surface area contributed by atoms with Crippen LogP contribution in [0.25, 0.3) is 0 Å². The number of hydrogen-bond donors (Lipinski definition) is 0. The quantitative estimate of drug-likeness (QED) is 0.698. The van der Waals surface area contributed by atoms with Crippen molar-refractivity contribution in [3.05, 3.63) is 48.6 Å². The maximum Gasteiger partial charge on any atom is 0.154 e. The molecule has 0 saturated carbocycles. The molecule has 0 aliphatic heterocycles. The molecular formula is C11H14O2S. The van der Waals surface area contributed by atoms with Gasteiger partial charge in [-0.05, 0) is 12.0 Å². The number of hydrogen-bond acceptors (Lipinski definition) is 2. The SMILES string of the molecule is C=CCCS(=O)(=O)Cc1ccccc1. The standard InChI is InChI=1S/C11H14O2S/c1-2-3-9-14(12,13)10-11-7-5-4-6-8-11/h2,4-8H,1,3,9-10H2. The van der Waals surface area contributed by atoms with Gasteiger partial charge in [-0.3, -0.25) is 0 Å². The monoisotopic (exact) mass is 210 g/mol. The number of benzene rings is 1. The van der Waals surface area contributed by atoms with Crippen molar-refractivity contribution in [3.8, 4) is 0 Å². The number of sulfone groups is 1. The topological polar surface area (TPSA) is 34.1 Å². The van der Waals surface area contributed by atoms with Crippen LogP contribution in [-0.4, -0.2) is 14.2 Å². The number of rotatable bonds is 5. The van der Waals surface area contributed by atoms with E-state index in [1.54, 1.807) is 6.08 Å². The molecule has 0 unspecified atom stereocenters. The van der Waals surface area contributed by atoms with Crippen LogP contribution in [0.2, 0.25) is 0 Å². The Balaban J connectivity index is 2.64. The molecule has 3 heteroatoms. The second-order valence-electron chi connectivity index (χ2n) is 3.15. The van der Waals surface area contributed by atoms with Gasteiger partial charge in [-0.1, -0.05) is 36.4 Å². The summed E-state index contributed by atoms with van der Waals surface area (Å²) in [5.74, 6) is 0.313. The van der Waals surface area contributed by atoms with Crippen molar-refractivity contribution in [3.63, 3.8) is 0 Å². The second kappa shape index (κ2) is 4.96. The Morgan fingerprint density at radius 1 is 1.21 bits per heavy atom. The molecule has 0 amide bonds. The van der Waals surface area contributed by atoms with E-state index in [1.807, 2.05) is 30.3 Å². The van der Waals surface area contributed by atoms with E-state index >= 15 is 0 Å². The second-order valence-corrected chi connectivity index (χ2v) is 5.34. The molecule has 0 bridgehead atoms. The van der Waals surface area contributed by atoms with E-state index in [0.29, 0.717) is 6.42 Å². The predicted octanol–water partition coefficient (Wildman–Crippen LogP) is 2.18. The summed E-state index contributed by atoms with van der Waals surface area (Å²) in [6.45, 7) is 3.51. The largest absolute Gasteiger partial charge is 0.228 e. The van der Waals surface area contributed by atoms with Crippen LogP contribution in [0.4, 0.5) is 0 Å². The van der Waals surface area contributed by atoms with Crippen LogP contribution in [0.1, 0.15) is 12.0 Å². The molecule has 0 spiro atoms. The molecule has 0 aliphatic carbocycles. The van der Waals surface area contributed by atoms with E-state index < -0.39 is 9.84 Å². The highest BCUT2D eigenvalue weighted by Gasteiger charge is 2.09. The van der Waals surface area contributed by atoms with Gasteiger partial charge in [0.1, 0.15) is 0 Å². The molecule has 0 heterocycles. The molecule has 0 aromatic heterocycles. The Kier molecular flexibility index (Phi) is 3.89. The fraction of sp³-hybridized carbons (Fsp3) is 0.273. The third-order valence-electron chi connectivity index (χ3n) is 1.86. The summed E-state index contributed by atoms with van der Waals surface area (Å²) in [4.78, 5) is 0. The highest BCUT2D eigenvalue weighted by molar-refractivity contribution is 7.90. The average Bonchev–Trinajstić information content (AvgIpc) is 2.16. The van der Waals surface area contributed by atoms with E-state index in [9.17, 15) is 8.42 Å². The van der Waals surface area contributed by atoms with Gasteiger partial charge in [0.25, 0.3) is 0 Å². The van der Waals surface area contributed by atoms with Crippen LogP contribution < -0.4 is 0 Å². The van der Waals surface area contributed by atoms with Crippen LogP contribution in [0, 0.1) is 0 Å². The Morgan fingerprint density at radius 3 is 2.43 bits per heavy atom. The first-order valence-electron chi connectivity index (χ1n) is 4.49. The van der Waals surface area contributed by atoms with Crippen molar-refractivity contribution in [2.45, 2.75) is 12.2 Å². The maximum absolute atomic E-state index is 11.5. The molecule has 0 radical (unpaired) electrons. The van der Waals surface area contributed by atoms with Gasteiger partial charge in [-0.15, -0.1) is 6.58 Å². The molecule has 0 fully saturated rings. The summed E-state index contributed by atoms with van der Waals surface area (Å²) in [7, 11) is -2.97.